The Kier molecular flexibility index (Phi) is 6.32. The van der Waals surface area contributed by atoms with Gasteiger partial charge in [0.25, 0.3) is 10.1 Å². The van der Waals surface area contributed by atoms with Crippen LogP contribution >= 0.6 is 0 Å². The third kappa shape index (κ3) is 7.22. The number of hydrogen-bond donors (Lipinski definition) is 0. The molecule has 6 nitrogen and oxygen atoms in total. The zero-order valence-corrected chi connectivity index (χ0v) is 13.2. The van der Waals surface area contributed by atoms with Crippen molar-refractivity contribution in [1.29, 1.82) is 0 Å². The molecule has 118 valence electrons. The highest BCUT2D eigenvalue weighted by molar-refractivity contribution is 7.86. The summed E-state index contributed by atoms with van der Waals surface area (Å²) in [5.74, 6) is -0.506. The molecule has 0 amide bonds. The molecule has 0 radical (unpaired) electrons. The van der Waals surface area contributed by atoms with Crippen LogP contribution in [0.5, 0.6) is 0 Å². The first-order chi connectivity index (χ1) is 9.71. The fourth-order valence-corrected chi connectivity index (χ4v) is 2.30. The average molecular weight is 316 g/mol. The van der Waals surface area contributed by atoms with Crippen LogP contribution in [-0.4, -0.2) is 39.8 Å². The molecule has 21 heavy (non-hydrogen) atoms. The Labute approximate surface area is 125 Å². The van der Waals surface area contributed by atoms with Gasteiger partial charge in [0.2, 0.25) is 0 Å². The lowest BCUT2D eigenvalue weighted by Crippen LogP contribution is -2.27. The van der Waals surface area contributed by atoms with Gasteiger partial charge in [0.1, 0.15) is 12.2 Å². The number of hydrogen-bond acceptors (Lipinski definition) is 6. The Morgan fingerprint density at radius 3 is 2.29 bits per heavy atom. The van der Waals surface area contributed by atoms with Crippen LogP contribution in [0.1, 0.15) is 20.8 Å². The number of carbonyl (C=O) groups excluding carboxylic acids is 1. The molecular weight excluding hydrogens is 296 g/mol. The number of carbonyl (C=O) groups is 1. The standard InChI is InChI=1S/C14H20O6S/c1-14(2,3)20-13(15)11-18-9-10-19-21(16,17)12-7-5-4-6-8-12/h4-8H,9-11H2,1-3H3. The van der Waals surface area contributed by atoms with E-state index in [0.717, 1.165) is 0 Å². The Morgan fingerprint density at radius 2 is 1.71 bits per heavy atom. The fourth-order valence-electron chi connectivity index (χ4n) is 1.38. The van der Waals surface area contributed by atoms with E-state index in [1.165, 1.54) is 12.1 Å². The quantitative estimate of drug-likeness (QED) is 0.433. The lowest BCUT2D eigenvalue weighted by Gasteiger charge is -2.19. The van der Waals surface area contributed by atoms with Gasteiger partial charge in [0, 0.05) is 0 Å². The first-order valence-electron chi connectivity index (χ1n) is 6.45. The summed E-state index contributed by atoms with van der Waals surface area (Å²) in [6.07, 6.45) is 0. The maximum Gasteiger partial charge on any atom is 0.332 e. The smallest absolute Gasteiger partial charge is 0.332 e. The first kappa shape index (κ1) is 17.6. The highest BCUT2D eigenvalue weighted by Crippen LogP contribution is 2.11. The van der Waals surface area contributed by atoms with Gasteiger partial charge in [0.05, 0.1) is 18.1 Å². The fraction of sp³-hybridized carbons (Fsp3) is 0.500. The molecule has 0 aliphatic heterocycles. The minimum absolute atomic E-state index is 0.0225. The maximum absolute atomic E-state index is 11.7. The van der Waals surface area contributed by atoms with Crippen molar-refractivity contribution in [3.05, 3.63) is 30.3 Å². The predicted molar refractivity (Wildman–Crippen MR) is 76.2 cm³/mol. The van der Waals surface area contributed by atoms with E-state index in [9.17, 15) is 13.2 Å². The van der Waals surface area contributed by atoms with Crippen molar-refractivity contribution >= 4 is 16.1 Å². The minimum Gasteiger partial charge on any atom is -0.458 e. The predicted octanol–water partition coefficient (Wildman–Crippen LogP) is 1.75. The van der Waals surface area contributed by atoms with Gasteiger partial charge in [-0.2, -0.15) is 8.42 Å². The SMILES string of the molecule is CC(C)(C)OC(=O)COCCOS(=O)(=O)c1ccccc1. The highest BCUT2D eigenvalue weighted by Gasteiger charge is 2.17. The topological polar surface area (TPSA) is 78.9 Å². The van der Waals surface area contributed by atoms with Gasteiger partial charge < -0.3 is 9.47 Å². The molecular formula is C14H20O6S. The van der Waals surface area contributed by atoms with E-state index in [4.69, 9.17) is 13.7 Å². The molecule has 0 saturated heterocycles. The lowest BCUT2D eigenvalue weighted by atomic mass is 10.2. The van der Waals surface area contributed by atoms with Crippen LogP contribution < -0.4 is 0 Å². The van der Waals surface area contributed by atoms with Crippen molar-refractivity contribution < 1.29 is 26.9 Å². The van der Waals surface area contributed by atoms with Gasteiger partial charge in [-0.05, 0) is 32.9 Å². The monoisotopic (exact) mass is 316 g/mol. The van der Waals surface area contributed by atoms with Crippen molar-refractivity contribution in [3.63, 3.8) is 0 Å². The van der Waals surface area contributed by atoms with Crippen LogP contribution in [-0.2, 0) is 28.6 Å². The summed E-state index contributed by atoms with van der Waals surface area (Å²) in [5, 5.41) is 0. The Bertz CT molecular complexity index is 545. The van der Waals surface area contributed by atoms with Crippen LogP contribution in [0.2, 0.25) is 0 Å². The molecule has 1 rings (SSSR count). The van der Waals surface area contributed by atoms with Crippen LogP contribution in [0.15, 0.2) is 35.2 Å². The van der Waals surface area contributed by atoms with Crippen LogP contribution in [0, 0.1) is 0 Å². The molecule has 0 aliphatic carbocycles. The molecule has 0 spiro atoms. The first-order valence-corrected chi connectivity index (χ1v) is 7.86. The summed E-state index contributed by atoms with van der Waals surface area (Å²) in [6, 6.07) is 7.81. The van der Waals surface area contributed by atoms with Gasteiger partial charge in [-0.3, -0.25) is 4.18 Å². The number of rotatable bonds is 7. The number of esters is 1. The zero-order chi connectivity index (χ0) is 15.9. The van der Waals surface area contributed by atoms with E-state index in [0.29, 0.717) is 0 Å². The van der Waals surface area contributed by atoms with Crippen LogP contribution in [0.3, 0.4) is 0 Å². The normalized spacial score (nSPS) is 12.1. The molecule has 0 bridgehead atoms. The van der Waals surface area contributed by atoms with Gasteiger partial charge in [-0.15, -0.1) is 0 Å². The Balaban J connectivity index is 2.27. The summed E-state index contributed by atoms with van der Waals surface area (Å²) < 4.78 is 38.3. The zero-order valence-electron chi connectivity index (χ0n) is 12.4. The van der Waals surface area contributed by atoms with Gasteiger partial charge in [-0.1, -0.05) is 18.2 Å². The molecule has 0 saturated carbocycles. The minimum atomic E-state index is -3.79. The van der Waals surface area contributed by atoms with E-state index in [-0.39, 0.29) is 24.7 Å². The largest absolute Gasteiger partial charge is 0.458 e. The molecule has 0 aromatic heterocycles. The molecule has 0 atom stereocenters. The lowest BCUT2D eigenvalue weighted by molar-refractivity contribution is -0.160. The molecule has 7 heteroatoms. The summed E-state index contributed by atoms with van der Waals surface area (Å²) in [6.45, 7) is 4.82. The molecule has 1 aromatic rings. The van der Waals surface area contributed by atoms with Crippen molar-refractivity contribution in [3.8, 4) is 0 Å². The average Bonchev–Trinajstić information content (AvgIpc) is 2.37. The van der Waals surface area contributed by atoms with E-state index >= 15 is 0 Å². The van der Waals surface area contributed by atoms with Gasteiger partial charge >= 0.3 is 5.97 Å². The Hall–Kier alpha value is -1.44. The maximum atomic E-state index is 11.7. The second-order valence-electron chi connectivity index (χ2n) is 5.23. The van der Waals surface area contributed by atoms with Crippen molar-refractivity contribution in [1.82, 2.24) is 0 Å². The van der Waals surface area contributed by atoms with E-state index in [2.05, 4.69) is 0 Å². The number of ether oxygens (including phenoxy) is 2. The van der Waals surface area contributed by atoms with Gasteiger partial charge in [0.15, 0.2) is 0 Å². The van der Waals surface area contributed by atoms with Crippen molar-refractivity contribution in [2.24, 2.45) is 0 Å². The molecule has 0 fully saturated rings. The molecule has 1 aromatic carbocycles. The second kappa shape index (κ2) is 7.53. The summed E-state index contributed by atoms with van der Waals surface area (Å²) >= 11 is 0. The number of benzene rings is 1. The Morgan fingerprint density at radius 1 is 1.10 bits per heavy atom. The summed E-state index contributed by atoms with van der Waals surface area (Å²) in [7, 11) is -3.79. The highest BCUT2D eigenvalue weighted by atomic mass is 32.2. The van der Waals surface area contributed by atoms with E-state index < -0.39 is 21.7 Å². The van der Waals surface area contributed by atoms with Crippen LogP contribution in [0.25, 0.3) is 0 Å². The van der Waals surface area contributed by atoms with Crippen molar-refractivity contribution in [2.75, 3.05) is 19.8 Å². The van der Waals surface area contributed by atoms with Crippen LogP contribution in [0.4, 0.5) is 0 Å². The third-order valence-corrected chi connectivity index (χ3v) is 3.46. The molecule has 0 unspecified atom stereocenters. The van der Waals surface area contributed by atoms with Gasteiger partial charge in [-0.25, -0.2) is 4.79 Å². The summed E-state index contributed by atoms with van der Waals surface area (Å²) in [5.41, 5.74) is -0.576. The second-order valence-corrected chi connectivity index (χ2v) is 6.84. The third-order valence-electron chi connectivity index (χ3n) is 2.14. The molecule has 0 N–H and O–H groups in total. The summed E-state index contributed by atoms with van der Waals surface area (Å²) in [4.78, 5) is 11.4. The molecule has 0 aliphatic rings. The van der Waals surface area contributed by atoms with E-state index in [1.54, 1.807) is 39.0 Å². The van der Waals surface area contributed by atoms with Crippen molar-refractivity contribution in [2.45, 2.75) is 31.3 Å². The van der Waals surface area contributed by atoms with E-state index in [1.807, 2.05) is 0 Å². The molecule has 0 heterocycles.